The van der Waals surface area contributed by atoms with E-state index in [-0.39, 0.29) is 11.3 Å². The molecule has 0 rings (SSSR count). The van der Waals surface area contributed by atoms with E-state index in [0.717, 1.165) is 0 Å². The molecule has 0 saturated heterocycles. The van der Waals surface area contributed by atoms with Gasteiger partial charge in [-0.15, -0.1) is 0 Å². The monoisotopic (exact) mass is 168 g/mol. The predicted molar refractivity (Wildman–Crippen MR) is 39.3 cm³/mol. The average molecular weight is 168 g/mol. The van der Waals surface area contributed by atoms with Crippen molar-refractivity contribution in [2.24, 2.45) is 11.3 Å². The van der Waals surface area contributed by atoms with E-state index in [4.69, 9.17) is 0 Å². The molecule has 0 fully saturated rings. The fraction of sp³-hybridized carbons (Fsp3) is 1.00. The van der Waals surface area contributed by atoms with Gasteiger partial charge in [0.1, 0.15) is 0 Å². The molecule has 11 heavy (non-hydrogen) atoms. The zero-order chi connectivity index (χ0) is 9.28. The smallest absolute Gasteiger partial charge is 0.171 e. The molecule has 0 aliphatic carbocycles. The Hall–Kier alpha value is -0.210. The van der Waals surface area contributed by atoms with E-state index in [0.29, 0.717) is 0 Å². The van der Waals surface area contributed by atoms with Crippen molar-refractivity contribution < 1.29 is 13.2 Å². The van der Waals surface area contributed by atoms with Crippen molar-refractivity contribution in [3.05, 3.63) is 0 Å². The highest BCUT2D eigenvalue weighted by Gasteiger charge is 2.34. The molecule has 0 bridgehead atoms. The van der Waals surface area contributed by atoms with Crippen LogP contribution in [0.2, 0.25) is 0 Å². The molecule has 0 spiro atoms. The number of halogens is 3. The van der Waals surface area contributed by atoms with Crippen molar-refractivity contribution >= 4 is 0 Å². The highest BCUT2D eigenvalue weighted by molar-refractivity contribution is 4.72. The van der Waals surface area contributed by atoms with Crippen molar-refractivity contribution in [1.29, 1.82) is 0 Å². The first-order valence-electron chi connectivity index (χ1n) is 3.69. The highest BCUT2D eigenvalue weighted by Crippen LogP contribution is 2.34. The Labute approximate surface area is 65.8 Å². The molecule has 0 amide bonds. The maximum atomic E-state index is 11.8. The van der Waals surface area contributed by atoms with Gasteiger partial charge in [0, 0.05) is 6.42 Å². The van der Waals surface area contributed by atoms with E-state index in [2.05, 4.69) is 0 Å². The first-order valence-corrected chi connectivity index (χ1v) is 3.69. The van der Waals surface area contributed by atoms with Crippen LogP contribution in [-0.2, 0) is 0 Å². The zero-order valence-corrected chi connectivity index (χ0v) is 7.42. The van der Waals surface area contributed by atoms with Crippen molar-refractivity contribution in [3.63, 3.8) is 0 Å². The van der Waals surface area contributed by atoms with Gasteiger partial charge in [-0.1, -0.05) is 27.7 Å². The quantitative estimate of drug-likeness (QED) is 0.561. The van der Waals surface area contributed by atoms with Crippen LogP contribution >= 0.6 is 0 Å². The summed E-state index contributed by atoms with van der Waals surface area (Å²) >= 11 is 0. The SMILES string of the molecule is C[C@H](CC(F)(F)F)C(C)(C)C. The molecule has 0 heterocycles. The summed E-state index contributed by atoms with van der Waals surface area (Å²) in [5, 5.41) is 0. The van der Waals surface area contributed by atoms with E-state index in [9.17, 15) is 13.2 Å². The van der Waals surface area contributed by atoms with Gasteiger partial charge in [0.15, 0.2) is 0 Å². The molecule has 0 aromatic carbocycles. The maximum absolute atomic E-state index is 11.8. The third-order valence-corrected chi connectivity index (χ3v) is 2.02. The molecule has 0 nitrogen and oxygen atoms in total. The fourth-order valence-corrected chi connectivity index (χ4v) is 0.653. The Morgan fingerprint density at radius 3 is 1.55 bits per heavy atom. The number of hydrogen-bond donors (Lipinski definition) is 0. The molecule has 0 aliphatic rings. The molecule has 1 atom stereocenters. The molecule has 0 aromatic heterocycles. The minimum atomic E-state index is -4.02. The molecular formula is C8H15F3. The lowest BCUT2D eigenvalue weighted by Crippen LogP contribution is -2.23. The Morgan fingerprint density at radius 2 is 1.45 bits per heavy atom. The van der Waals surface area contributed by atoms with Crippen LogP contribution in [0.15, 0.2) is 0 Å². The Bertz CT molecular complexity index is 118. The second kappa shape index (κ2) is 3.03. The van der Waals surface area contributed by atoms with E-state index in [1.54, 1.807) is 6.92 Å². The van der Waals surface area contributed by atoms with E-state index in [1.807, 2.05) is 20.8 Å². The van der Waals surface area contributed by atoms with E-state index < -0.39 is 12.6 Å². The second-order valence-corrected chi connectivity index (χ2v) is 4.09. The first-order chi connectivity index (χ1) is 4.63. The van der Waals surface area contributed by atoms with Crippen LogP contribution in [0.5, 0.6) is 0 Å². The molecule has 0 unspecified atom stereocenters. The summed E-state index contributed by atoms with van der Waals surface area (Å²) in [7, 11) is 0. The molecule has 68 valence electrons. The number of hydrogen-bond acceptors (Lipinski definition) is 0. The van der Waals surface area contributed by atoms with Gasteiger partial charge in [-0.3, -0.25) is 0 Å². The van der Waals surface area contributed by atoms with Gasteiger partial charge in [-0.25, -0.2) is 0 Å². The van der Waals surface area contributed by atoms with E-state index >= 15 is 0 Å². The van der Waals surface area contributed by atoms with Gasteiger partial charge < -0.3 is 0 Å². The van der Waals surface area contributed by atoms with Crippen LogP contribution in [0.4, 0.5) is 13.2 Å². The van der Waals surface area contributed by atoms with Crippen molar-refractivity contribution in [2.45, 2.75) is 40.3 Å². The molecule has 0 N–H and O–H groups in total. The summed E-state index contributed by atoms with van der Waals surface area (Å²) in [5.41, 5.74) is -0.254. The predicted octanol–water partition coefficient (Wildman–Crippen LogP) is 3.62. The Kier molecular flexibility index (Phi) is 2.98. The summed E-state index contributed by atoms with van der Waals surface area (Å²) < 4.78 is 35.5. The molecule has 0 saturated carbocycles. The average Bonchev–Trinajstić information content (AvgIpc) is 1.56. The van der Waals surface area contributed by atoms with Crippen LogP contribution in [0.25, 0.3) is 0 Å². The lowest BCUT2D eigenvalue weighted by molar-refractivity contribution is -0.150. The van der Waals surface area contributed by atoms with Gasteiger partial charge in [0.05, 0.1) is 0 Å². The van der Waals surface area contributed by atoms with Crippen molar-refractivity contribution in [3.8, 4) is 0 Å². The minimum absolute atomic E-state index is 0.254. The van der Waals surface area contributed by atoms with Crippen LogP contribution in [0.1, 0.15) is 34.1 Å². The Morgan fingerprint density at radius 1 is 1.09 bits per heavy atom. The van der Waals surface area contributed by atoms with Crippen LogP contribution in [0, 0.1) is 11.3 Å². The molecule has 0 aromatic rings. The van der Waals surface area contributed by atoms with Crippen molar-refractivity contribution in [2.75, 3.05) is 0 Å². The number of rotatable bonds is 1. The maximum Gasteiger partial charge on any atom is 0.389 e. The summed E-state index contributed by atoms with van der Waals surface area (Å²) in [5.74, 6) is -0.317. The highest BCUT2D eigenvalue weighted by atomic mass is 19.4. The third kappa shape index (κ3) is 5.10. The molecular weight excluding hydrogens is 153 g/mol. The summed E-state index contributed by atoms with van der Waals surface area (Å²) in [6, 6.07) is 0. The van der Waals surface area contributed by atoms with Crippen LogP contribution in [0.3, 0.4) is 0 Å². The van der Waals surface area contributed by atoms with Gasteiger partial charge in [0.25, 0.3) is 0 Å². The lowest BCUT2D eigenvalue weighted by atomic mass is 9.80. The third-order valence-electron chi connectivity index (χ3n) is 2.02. The van der Waals surface area contributed by atoms with Crippen molar-refractivity contribution in [1.82, 2.24) is 0 Å². The molecule has 3 heteroatoms. The lowest BCUT2D eigenvalue weighted by Gasteiger charge is -2.27. The summed E-state index contributed by atoms with van der Waals surface area (Å²) in [6.07, 6.45) is -4.71. The number of alkyl halides is 3. The Balaban J connectivity index is 3.99. The van der Waals surface area contributed by atoms with Gasteiger partial charge in [-0.2, -0.15) is 13.2 Å². The fourth-order valence-electron chi connectivity index (χ4n) is 0.653. The normalized spacial score (nSPS) is 16.6. The van der Waals surface area contributed by atoms with Crippen LogP contribution < -0.4 is 0 Å². The van der Waals surface area contributed by atoms with Gasteiger partial charge >= 0.3 is 6.18 Å². The molecule has 0 radical (unpaired) electrons. The second-order valence-electron chi connectivity index (χ2n) is 4.09. The van der Waals surface area contributed by atoms with E-state index in [1.165, 1.54) is 0 Å². The minimum Gasteiger partial charge on any atom is -0.171 e. The first kappa shape index (κ1) is 10.8. The zero-order valence-electron chi connectivity index (χ0n) is 7.42. The molecule has 0 aliphatic heterocycles. The van der Waals surface area contributed by atoms with Gasteiger partial charge in [0.2, 0.25) is 0 Å². The summed E-state index contributed by atoms with van der Waals surface area (Å²) in [6.45, 7) is 7.10. The van der Waals surface area contributed by atoms with Crippen LogP contribution in [-0.4, -0.2) is 6.18 Å². The standard InChI is InChI=1S/C8H15F3/c1-6(7(2,3)4)5-8(9,10)11/h6H,5H2,1-4H3/t6-/m1/s1. The summed E-state index contributed by atoms with van der Waals surface area (Å²) in [4.78, 5) is 0. The topological polar surface area (TPSA) is 0 Å². The van der Waals surface area contributed by atoms with Gasteiger partial charge in [-0.05, 0) is 11.3 Å². The largest absolute Gasteiger partial charge is 0.389 e.